The fraction of sp³-hybridized carbons (Fsp3) is 0.545. The van der Waals surface area contributed by atoms with Crippen LogP contribution < -0.4 is 5.73 Å². The van der Waals surface area contributed by atoms with Gasteiger partial charge in [0.15, 0.2) is 0 Å². The highest BCUT2D eigenvalue weighted by Gasteiger charge is 2.23. The van der Waals surface area contributed by atoms with Crippen LogP contribution in [0.3, 0.4) is 0 Å². The Morgan fingerprint density at radius 1 is 1.00 bits per heavy atom. The lowest BCUT2D eigenvalue weighted by Crippen LogP contribution is -2.11. The quantitative estimate of drug-likeness (QED) is 0.675. The van der Waals surface area contributed by atoms with Gasteiger partial charge in [-0.15, -0.1) is 0 Å². The molecular weight excluding hydrogens is 176 g/mol. The van der Waals surface area contributed by atoms with E-state index in [4.69, 9.17) is 10.5 Å². The smallest absolute Gasteiger partial charge is 0.129 e. The number of aryl methyl sites for hydroxylation is 1. The van der Waals surface area contributed by atoms with Crippen LogP contribution in [-0.4, -0.2) is 4.98 Å². The third-order valence-electron chi connectivity index (χ3n) is 3.22. The number of nitrogens with zero attached hydrogens (tertiary/aromatic N) is 1. The van der Waals surface area contributed by atoms with E-state index < -0.39 is 0 Å². The lowest BCUT2D eigenvalue weighted by molar-refractivity contribution is 0.134. The summed E-state index contributed by atoms with van der Waals surface area (Å²) in [6.45, 7) is 1.39. The Morgan fingerprint density at radius 2 is 1.79 bits per heavy atom. The van der Waals surface area contributed by atoms with Gasteiger partial charge in [-0.05, 0) is 36.8 Å². The summed E-state index contributed by atoms with van der Waals surface area (Å²) in [5, 5.41) is 0. The molecule has 0 radical (unpaired) electrons. The molecule has 3 heteroatoms. The minimum atomic E-state index is 0.654. The molecule has 0 amide bonds. The van der Waals surface area contributed by atoms with Gasteiger partial charge in [0, 0.05) is 11.3 Å². The minimum Gasteiger partial charge on any atom is -0.383 e. The van der Waals surface area contributed by atoms with Crippen molar-refractivity contribution >= 4 is 5.82 Å². The van der Waals surface area contributed by atoms with Crippen LogP contribution in [0.15, 0.2) is 0 Å². The van der Waals surface area contributed by atoms with Gasteiger partial charge >= 0.3 is 0 Å². The maximum atomic E-state index is 5.90. The first kappa shape index (κ1) is 8.24. The van der Waals surface area contributed by atoms with Gasteiger partial charge in [-0.1, -0.05) is 0 Å². The molecule has 1 aliphatic heterocycles. The number of pyridine rings is 1. The molecule has 0 saturated carbocycles. The Labute approximate surface area is 83.3 Å². The van der Waals surface area contributed by atoms with Crippen molar-refractivity contribution < 1.29 is 4.74 Å². The predicted octanol–water partition coefficient (Wildman–Crippen LogP) is 1.57. The number of rotatable bonds is 0. The first-order chi connectivity index (χ1) is 6.86. The summed E-state index contributed by atoms with van der Waals surface area (Å²) < 4.78 is 5.44. The highest BCUT2D eigenvalue weighted by molar-refractivity contribution is 5.52. The molecule has 0 fully saturated rings. The highest BCUT2D eigenvalue weighted by atomic mass is 16.5. The van der Waals surface area contributed by atoms with E-state index in [0.29, 0.717) is 12.4 Å². The Bertz CT molecular complexity index is 387. The molecule has 14 heavy (non-hydrogen) atoms. The van der Waals surface area contributed by atoms with Crippen molar-refractivity contribution in [1.82, 2.24) is 4.98 Å². The van der Waals surface area contributed by atoms with Crippen LogP contribution >= 0.6 is 0 Å². The van der Waals surface area contributed by atoms with Gasteiger partial charge in [0.05, 0.1) is 13.2 Å². The average molecular weight is 190 g/mol. The summed E-state index contributed by atoms with van der Waals surface area (Å²) in [4.78, 5) is 4.48. The molecule has 1 aromatic heterocycles. The van der Waals surface area contributed by atoms with E-state index in [1.807, 2.05) is 0 Å². The average Bonchev–Trinajstić information content (AvgIpc) is 2.67. The predicted molar refractivity (Wildman–Crippen MR) is 53.8 cm³/mol. The van der Waals surface area contributed by atoms with Gasteiger partial charge < -0.3 is 10.5 Å². The van der Waals surface area contributed by atoms with Gasteiger partial charge in [0.2, 0.25) is 0 Å². The summed E-state index contributed by atoms with van der Waals surface area (Å²) in [6, 6.07) is 0. The Balaban J connectivity index is 2.22. The van der Waals surface area contributed by atoms with Crippen molar-refractivity contribution in [2.24, 2.45) is 0 Å². The normalized spacial score (nSPS) is 19.1. The fourth-order valence-electron chi connectivity index (χ4n) is 2.48. The summed E-state index contributed by atoms with van der Waals surface area (Å²) in [5.41, 5.74) is 11.0. The van der Waals surface area contributed by atoms with Gasteiger partial charge in [-0.2, -0.15) is 0 Å². The Morgan fingerprint density at radius 3 is 2.71 bits per heavy atom. The number of ether oxygens (including phenoxy) is 1. The number of nitrogen functional groups attached to an aromatic ring is 1. The number of fused-ring (bicyclic) bond motifs is 3. The second-order valence-electron chi connectivity index (χ2n) is 4.08. The standard InChI is InChI=1S/C11H14N2O/c12-11-9-6-14-5-8(9)7-3-1-2-4-10(7)13-11/h1-6H2,(H2,12,13). The molecule has 0 aromatic carbocycles. The third kappa shape index (κ3) is 1.05. The Hall–Kier alpha value is -1.09. The van der Waals surface area contributed by atoms with Crippen molar-refractivity contribution in [3.8, 4) is 0 Å². The zero-order valence-corrected chi connectivity index (χ0v) is 8.18. The molecule has 1 aromatic rings. The third-order valence-corrected chi connectivity index (χ3v) is 3.22. The molecule has 3 nitrogen and oxygen atoms in total. The van der Waals surface area contributed by atoms with Gasteiger partial charge in [0.1, 0.15) is 5.82 Å². The van der Waals surface area contributed by atoms with E-state index in [9.17, 15) is 0 Å². The molecule has 0 bridgehead atoms. The number of anilines is 1. The van der Waals surface area contributed by atoms with Crippen LogP contribution in [0, 0.1) is 0 Å². The van der Waals surface area contributed by atoms with Crippen LogP contribution in [0.2, 0.25) is 0 Å². The van der Waals surface area contributed by atoms with Gasteiger partial charge in [-0.3, -0.25) is 0 Å². The molecule has 1 aliphatic carbocycles. The van der Waals surface area contributed by atoms with Crippen molar-refractivity contribution in [2.45, 2.75) is 38.9 Å². The molecule has 74 valence electrons. The summed E-state index contributed by atoms with van der Waals surface area (Å²) in [5.74, 6) is 0.693. The summed E-state index contributed by atoms with van der Waals surface area (Å²) >= 11 is 0. The van der Waals surface area contributed by atoms with Crippen molar-refractivity contribution in [2.75, 3.05) is 5.73 Å². The molecule has 0 saturated heterocycles. The van der Waals surface area contributed by atoms with Crippen LogP contribution in [0.5, 0.6) is 0 Å². The fourth-order valence-corrected chi connectivity index (χ4v) is 2.48. The van der Waals surface area contributed by atoms with Crippen LogP contribution in [0.25, 0.3) is 0 Å². The maximum absolute atomic E-state index is 5.90. The number of hydrogen-bond donors (Lipinski definition) is 1. The highest BCUT2D eigenvalue weighted by Crippen LogP contribution is 2.32. The zero-order chi connectivity index (χ0) is 9.54. The maximum Gasteiger partial charge on any atom is 0.129 e. The molecule has 2 N–H and O–H groups in total. The van der Waals surface area contributed by atoms with E-state index in [0.717, 1.165) is 25.0 Å². The Kier molecular flexibility index (Phi) is 1.74. The van der Waals surface area contributed by atoms with E-state index in [1.165, 1.54) is 29.7 Å². The first-order valence-corrected chi connectivity index (χ1v) is 5.23. The van der Waals surface area contributed by atoms with Crippen LogP contribution in [0.1, 0.15) is 35.2 Å². The van der Waals surface area contributed by atoms with E-state index in [1.54, 1.807) is 0 Å². The van der Waals surface area contributed by atoms with E-state index in [-0.39, 0.29) is 0 Å². The zero-order valence-electron chi connectivity index (χ0n) is 8.18. The van der Waals surface area contributed by atoms with Crippen molar-refractivity contribution in [3.05, 3.63) is 22.4 Å². The SMILES string of the molecule is Nc1nc2c(c3c1COC3)CCCC2. The van der Waals surface area contributed by atoms with Crippen LogP contribution in [0.4, 0.5) is 5.82 Å². The first-order valence-electron chi connectivity index (χ1n) is 5.23. The molecule has 0 spiro atoms. The van der Waals surface area contributed by atoms with Gasteiger partial charge in [-0.25, -0.2) is 4.98 Å². The lowest BCUT2D eigenvalue weighted by atomic mass is 9.91. The molecule has 0 unspecified atom stereocenters. The summed E-state index contributed by atoms with van der Waals surface area (Å²) in [7, 11) is 0. The molecule has 2 aliphatic rings. The topological polar surface area (TPSA) is 48.1 Å². The molecule has 0 atom stereocenters. The monoisotopic (exact) mass is 190 g/mol. The van der Waals surface area contributed by atoms with E-state index in [2.05, 4.69) is 4.98 Å². The molecule has 3 rings (SSSR count). The van der Waals surface area contributed by atoms with Gasteiger partial charge in [0.25, 0.3) is 0 Å². The van der Waals surface area contributed by atoms with E-state index >= 15 is 0 Å². The largest absolute Gasteiger partial charge is 0.383 e. The minimum absolute atomic E-state index is 0.654. The number of nitrogens with two attached hydrogens (primary N) is 1. The number of aromatic nitrogens is 1. The van der Waals surface area contributed by atoms with Crippen molar-refractivity contribution in [1.29, 1.82) is 0 Å². The summed E-state index contributed by atoms with van der Waals surface area (Å²) in [6.07, 6.45) is 4.78. The lowest BCUT2D eigenvalue weighted by Gasteiger charge is -2.18. The number of hydrogen-bond acceptors (Lipinski definition) is 3. The van der Waals surface area contributed by atoms with Crippen LogP contribution in [-0.2, 0) is 30.8 Å². The molecule has 2 heterocycles. The second kappa shape index (κ2) is 2.95. The second-order valence-corrected chi connectivity index (χ2v) is 4.08. The molecular formula is C11H14N2O. The van der Waals surface area contributed by atoms with Crippen molar-refractivity contribution in [3.63, 3.8) is 0 Å².